The van der Waals surface area contributed by atoms with E-state index in [9.17, 15) is 4.79 Å². The van der Waals surface area contributed by atoms with Gasteiger partial charge in [0.25, 0.3) is 0 Å². The van der Waals surface area contributed by atoms with Crippen LogP contribution in [-0.2, 0) is 4.74 Å². The van der Waals surface area contributed by atoms with Crippen LogP contribution >= 0.6 is 35.3 Å². The van der Waals surface area contributed by atoms with Gasteiger partial charge >= 0.3 is 5.97 Å². The number of thiazole rings is 1. The molecule has 2 aromatic rings. The van der Waals surface area contributed by atoms with Gasteiger partial charge in [0.1, 0.15) is 21.4 Å². The number of halogens is 1. The number of nitrogens with zero attached hydrogens (tertiary/aromatic N) is 3. The zero-order valence-electron chi connectivity index (χ0n) is 19.4. The lowest BCUT2D eigenvalue weighted by atomic mass is 10.2. The van der Waals surface area contributed by atoms with E-state index in [4.69, 9.17) is 9.15 Å². The van der Waals surface area contributed by atoms with Crippen molar-refractivity contribution in [2.24, 2.45) is 4.99 Å². The molecule has 10 heteroatoms. The van der Waals surface area contributed by atoms with Gasteiger partial charge in [-0.05, 0) is 65.8 Å². The van der Waals surface area contributed by atoms with Crippen molar-refractivity contribution in [2.45, 2.75) is 52.6 Å². The topological polar surface area (TPSA) is 92.0 Å². The molecule has 8 nitrogen and oxygen atoms in total. The van der Waals surface area contributed by atoms with Gasteiger partial charge in [0.05, 0.1) is 24.4 Å². The minimum absolute atomic E-state index is 0. The first kappa shape index (κ1) is 26.6. The van der Waals surface area contributed by atoms with Gasteiger partial charge in [-0.2, -0.15) is 0 Å². The van der Waals surface area contributed by atoms with Crippen LogP contribution in [0.1, 0.15) is 70.7 Å². The van der Waals surface area contributed by atoms with Crippen LogP contribution in [0.5, 0.6) is 0 Å². The molecule has 3 rings (SSSR count). The second-order valence-electron chi connectivity index (χ2n) is 7.71. The second kappa shape index (κ2) is 12.5. The zero-order chi connectivity index (χ0) is 22.4. The normalized spacial score (nSPS) is 16.3. The highest BCUT2D eigenvalue weighted by Gasteiger charge is 2.26. The Morgan fingerprint density at radius 1 is 1.34 bits per heavy atom. The van der Waals surface area contributed by atoms with Gasteiger partial charge in [-0.25, -0.2) is 9.78 Å². The molecule has 2 N–H and O–H groups in total. The molecule has 0 aliphatic carbocycles. The molecular weight excluding hydrogens is 541 g/mol. The summed E-state index contributed by atoms with van der Waals surface area (Å²) in [5.74, 6) is 2.27. The SMILES string of the molecule is CCOC(=O)c1sc(C(C)NC(=NC)NCC(c2ccc(C)o2)N2CCCC2)nc1C.I. The molecule has 3 heterocycles. The van der Waals surface area contributed by atoms with Crippen molar-refractivity contribution in [3.63, 3.8) is 0 Å². The van der Waals surface area contributed by atoms with Gasteiger partial charge in [-0.15, -0.1) is 35.3 Å². The molecule has 0 saturated carbocycles. The maximum Gasteiger partial charge on any atom is 0.350 e. The standard InChI is InChI=1S/C22H33N5O3S.HI/c1-6-29-21(28)19-15(3)25-20(31-19)16(4)26-22(23-5)24-13-17(27-11-7-8-12-27)18-10-9-14(2)30-18;/h9-10,16-17H,6-8,11-13H2,1-5H3,(H2,23,24,26);1H. The van der Waals surface area contributed by atoms with Crippen LogP contribution in [0, 0.1) is 13.8 Å². The fourth-order valence-electron chi connectivity index (χ4n) is 3.74. The first-order valence-electron chi connectivity index (χ1n) is 10.8. The summed E-state index contributed by atoms with van der Waals surface area (Å²) in [6.07, 6.45) is 2.43. The number of carbonyl (C=O) groups excluding carboxylic acids is 1. The number of likely N-dealkylation sites (tertiary alicyclic amines) is 1. The molecule has 2 aromatic heterocycles. The number of furan rings is 1. The first-order chi connectivity index (χ1) is 14.9. The third-order valence-corrected chi connectivity index (χ3v) is 6.68. The Kier molecular flexibility index (Phi) is 10.4. The minimum atomic E-state index is -0.319. The molecule has 32 heavy (non-hydrogen) atoms. The lowest BCUT2D eigenvalue weighted by Gasteiger charge is -2.27. The van der Waals surface area contributed by atoms with Crippen molar-refractivity contribution < 1.29 is 13.9 Å². The molecule has 1 aliphatic heterocycles. The second-order valence-corrected chi connectivity index (χ2v) is 8.74. The third kappa shape index (κ3) is 6.67. The molecular formula is C22H34IN5O3S. The van der Waals surface area contributed by atoms with Crippen LogP contribution in [-0.4, -0.2) is 55.1 Å². The molecule has 2 atom stereocenters. The number of nitrogens with one attached hydrogen (secondary N) is 2. The molecule has 0 spiro atoms. The van der Waals surface area contributed by atoms with E-state index in [1.807, 2.05) is 26.8 Å². The molecule has 1 aliphatic rings. The molecule has 178 valence electrons. The summed E-state index contributed by atoms with van der Waals surface area (Å²) in [6.45, 7) is 10.8. The molecule has 0 radical (unpaired) electrons. The van der Waals surface area contributed by atoms with Gasteiger partial charge < -0.3 is 19.8 Å². The summed E-state index contributed by atoms with van der Waals surface area (Å²) in [5, 5.41) is 7.64. The highest BCUT2D eigenvalue weighted by atomic mass is 127. The molecule has 1 saturated heterocycles. The summed E-state index contributed by atoms with van der Waals surface area (Å²) in [7, 11) is 1.75. The van der Waals surface area contributed by atoms with Gasteiger partial charge in [-0.1, -0.05) is 0 Å². The Bertz CT molecular complexity index is 907. The van der Waals surface area contributed by atoms with Gasteiger partial charge in [0.2, 0.25) is 0 Å². The number of aliphatic imine (C=N–C) groups is 1. The van der Waals surface area contributed by atoms with E-state index >= 15 is 0 Å². The lowest BCUT2D eigenvalue weighted by Crippen LogP contribution is -2.43. The average molecular weight is 576 g/mol. The van der Waals surface area contributed by atoms with Gasteiger partial charge in [0.15, 0.2) is 5.96 Å². The average Bonchev–Trinajstić information content (AvgIpc) is 3.49. The van der Waals surface area contributed by atoms with Gasteiger partial charge in [-0.3, -0.25) is 9.89 Å². The predicted molar refractivity (Wildman–Crippen MR) is 138 cm³/mol. The highest BCUT2D eigenvalue weighted by Crippen LogP contribution is 2.27. The van der Waals surface area contributed by atoms with Crippen LogP contribution < -0.4 is 10.6 Å². The Labute approximate surface area is 211 Å². The Morgan fingerprint density at radius 3 is 2.66 bits per heavy atom. The molecule has 1 fully saturated rings. The maximum atomic E-state index is 12.1. The fraction of sp³-hybridized carbons (Fsp3) is 0.591. The molecule has 2 unspecified atom stereocenters. The number of guanidine groups is 1. The van der Waals surface area contributed by atoms with Gasteiger partial charge in [0, 0.05) is 13.6 Å². The van der Waals surface area contributed by atoms with Crippen molar-refractivity contribution in [2.75, 3.05) is 33.3 Å². The number of rotatable bonds is 8. The molecule has 0 amide bonds. The first-order valence-corrected chi connectivity index (χ1v) is 11.7. The number of hydrogen-bond donors (Lipinski definition) is 2. The van der Waals surface area contributed by atoms with Crippen molar-refractivity contribution in [1.29, 1.82) is 0 Å². The number of esters is 1. The van der Waals surface area contributed by atoms with Crippen molar-refractivity contribution in [1.82, 2.24) is 20.5 Å². The number of aryl methyl sites for hydroxylation is 2. The Hall–Kier alpha value is -1.66. The van der Waals surface area contributed by atoms with E-state index in [1.54, 1.807) is 14.0 Å². The zero-order valence-corrected chi connectivity index (χ0v) is 22.6. The number of aromatic nitrogens is 1. The predicted octanol–water partition coefficient (Wildman–Crippen LogP) is 4.21. The summed E-state index contributed by atoms with van der Waals surface area (Å²) in [6, 6.07) is 4.13. The summed E-state index contributed by atoms with van der Waals surface area (Å²) >= 11 is 1.36. The lowest BCUT2D eigenvalue weighted by molar-refractivity contribution is 0.0531. The van der Waals surface area contributed by atoms with Crippen LogP contribution in [0.15, 0.2) is 21.5 Å². The monoisotopic (exact) mass is 575 g/mol. The van der Waals surface area contributed by atoms with Crippen LogP contribution in [0.2, 0.25) is 0 Å². The fourth-order valence-corrected chi connectivity index (χ4v) is 4.70. The maximum absolute atomic E-state index is 12.1. The van der Waals surface area contributed by atoms with Crippen molar-refractivity contribution in [3.05, 3.63) is 39.2 Å². The van der Waals surface area contributed by atoms with Crippen LogP contribution in [0.3, 0.4) is 0 Å². The number of hydrogen-bond acceptors (Lipinski definition) is 7. The van der Waals surface area contributed by atoms with Crippen molar-refractivity contribution >= 4 is 47.2 Å². The smallest absolute Gasteiger partial charge is 0.350 e. The quantitative estimate of drug-likeness (QED) is 0.211. The van der Waals surface area contributed by atoms with Crippen LogP contribution in [0.25, 0.3) is 0 Å². The molecule has 0 aromatic carbocycles. The van der Waals surface area contributed by atoms with E-state index in [0.29, 0.717) is 29.7 Å². The highest BCUT2D eigenvalue weighted by molar-refractivity contribution is 14.0. The van der Waals surface area contributed by atoms with E-state index in [2.05, 4.69) is 31.6 Å². The number of ether oxygens (including phenoxy) is 1. The Balaban J connectivity index is 0.00000363. The van der Waals surface area contributed by atoms with E-state index < -0.39 is 0 Å². The summed E-state index contributed by atoms with van der Waals surface area (Å²) < 4.78 is 11.1. The van der Waals surface area contributed by atoms with Crippen molar-refractivity contribution in [3.8, 4) is 0 Å². The van der Waals surface area contributed by atoms with Crippen LogP contribution in [0.4, 0.5) is 0 Å². The molecule has 0 bridgehead atoms. The summed E-state index contributed by atoms with van der Waals surface area (Å²) in [5.41, 5.74) is 0.692. The van der Waals surface area contributed by atoms with E-state index in [1.165, 1.54) is 24.2 Å². The van der Waals surface area contributed by atoms with E-state index in [0.717, 1.165) is 29.6 Å². The third-order valence-electron chi connectivity index (χ3n) is 5.36. The minimum Gasteiger partial charge on any atom is -0.465 e. The Morgan fingerprint density at radius 2 is 2.06 bits per heavy atom. The van der Waals surface area contributed by atoms with E-state index in [-0.39, 0.29) is 42.0 Å². The summed E-state index contributed by atoms with van der Waals surface area (Å²) in [4.78, 5) is 24.0. The largest absolute Gasteiger partial charge is 0.465 e. The number of carbonyl (C=O) groups is 1.